The third-order valence-electron chi connectivity index (χ3n) is 1.60. The summed E-state index contributed by atoms with van der Waals surface area (Å²) in [5, 5.41) is 2.49. The quantitative estimate of drug-likeness (QED) is 0.778. The van der Waals surface area contributed by atoms with Crippen molar-refractivity contribution in [3.8, 4) is 0 Å². The molecule has 1 heterocycles. The molecule has 1 amide bonds. The molecule has 0 spiro atoms. The van der Waals surface area contributed by atoms with E-state index in [1.807, 2.05) is 0 Å². The molecule has 0 aliphatic heterocycles. The molecule has 0 aliphatic carbocycles. The minimum absolute atomic E-state index is 0.304. The third-order valence-corrected chi connectivity index (χ3v) is 1.60. The lowest BCUT2D eigenvalue weighted by Crippen LogP contribution is -2.33. The highest BCUT2D eigenvalue weighted by atomic mass is 19.1. The number of hydrogen-bond acceptors (Lipinski definition) is 2. The van der Waals surface area contributed by atoms with Crippen LogP contribution in [-0.4, -0.2) is 18.6 Å². The van der Waals surface area contributed by atoms with Crippen LogP contribution in [0.15, 0.2) is 16.7 Å². The van der Waals surface area contributed by atoms with Crippen molar-refractivity contribution in [2.75, 3.05) is 6.67 Å². The molecule has 1 atom stereocenters. The average Bonchev–Trinajstić information content (AvgIpc) is 2.51. The predicted molar refractivity (Wildman–Crippen MR) is 46.3 cm³/mol. The first-order chi connectivity index (χ1) is 6.13. The highest BCUT2D eigenvalue weighted by Crippen LogP contribution is 2.05. The Morgan fingerprint density at radius 1 is 1.77 bits per heavy atom. The molecule has 0 aromatic carbocycles. The lowest BCUT2D eigenvalue weighted by Gasteiger charge is -2.07. The van der Waals surface area contributed by atoms with Crippen molar-refractivity contribution in [1.29, 1.82) is 0 Å². The Morgan fingerprint density at radius 3 is 2.92 bits per heavy atom. The zero-order valence-corrected chi connectivity index (χ0v) is 7.63. The molecule has 0 saturated heterocycles. The largest absolute Gasteiger partial charge is 0.469 e. The molecule has 13 heavy (non-hydrogen) atoms. The molecule has 1 aromatic heterocycles. The van der Waals surface area contributed by atoms with Crippen molar-refractivity contribution in [3.63, 3.8) is 0 Å². The van der Waals surface area contributed by atoms with E-state index in [1.165, 1.54) is 6.26 Å². The van der Waals surface area contributed by atoms with Crippen LogP contribution in [0.3, 0.4) is 0 Å². The molecule has 0 aliphatic rings. The van der Waals surface area contributed by atoms with Crippen LogP contribution in [0.5, 0.6) is 0 Å². The van der Waals surface area contributed by atoms with E-state index in [0.29, 0.717) is 11.3 Å². The Bertz CT molecular complexity index is 296. The second-order valence-corrected chi connectivity index (χ2v) is 2.97. The minimum atomic E-state index is -0.567. The fourth-order valence-electron chi connectivity index (χ4n) is 0.908. The first kappa shape index (κ1) is 9.77. The molecule has 1 aromatic rings. The molecular formula is C9H12FNO2. The van der Waals surface area contributed by atoms with Crippen molar-refractivity contribution in [2.45, 2.75) is 19.9 Å². The lowest BCUT2D eigenvalue weighted by molar-refractivity contribution is 0.0933. The number of halogens is 1. The Labute approximate surface area is 75.9 Å². The van der Waals surface area contributed by atoms with Gasteiger partial charge in [0.25, 0.3) is 5.91 Å². The molecule has 4 heteroatoms. The molecule has 0 radical (unpaired) electrons. The van der Waals surface area contributed by atoms with E-state index in [0.717, 1.165) is 0 Å². The number of aryl methyl sites for hydroxylation is 1. The number of carbonyl (C=O) groups excluding carboxylic acids is 1. The number of alkyl halides is 1. The SMILES string of the molecule is Cc1cc(C(=O)NC(C)CF)co1. The standard InChI is InChI=1S/C9H12FNO2/c1-6(4-10)11-9(12)8-3-7(2)13-5-8/h3,5-6H,4H2,1-2H3,(H,11,12). The van der Waals surface area contributed by atoms with Gasteiger partial charge in [-0.15, -0.1) is 0 Å². The van der Waals surface area contributed by atoms with Crippen LogP contribution in [0.4, 0.5) is 4.39 Å². The van der Waals surface area contributed by atoms with Crippen molar-refractivity contribution < 1.29 is 13.6 Å². The molecule has 1 rings (SSSR count). The summed E-state index contributed by atoms with van der Waals surface area (Å²) in [7, 11) is 0. The first-order valence-corrected chi connectivity index (χ1v) is 4.05. The smallest absolute Gasteiger partial charge is 0.254 e. The molecule has 1 unspecified atom stereocenters. The van der Waals surface area contributed by atoms with Gasteiger partial charge in [0.15, 0.2) is 0 Å². The van der Waals surface area contributed by atoms with E-state index in [9.17, 15) is 9.18 Å². The van der Waals surface area contributed by atoms with Crippen LogP contribution in [0, 0.1) is 6.92 Å². The Hall–Kier alpha value is -1.32. The summed E-state index contributed by atoms with van der Waals surface area (Å²) >= 11 is 0. The van der Waals surface area contributed by atoms with Crippen LogP contribution in [0.25, 0.3) is 0 Å². The van der Waals surface area contributed by atoms with Gasteiger partial charge >= 0.3 is 0 Å². The van der Waals surface area contributed by atoms with Crippen LogP contribution < -0.4 is 5.32 Å². The number of amides is 1. The Morgan fingerprint density at radius 2 is 2.46 bits per heavy atom. The maximum atomic E-state index is 12.0. The van der Waals surface area contributed by atoms with Gasteiger partial charge in [0.05, 0.1) is 11.6 Å². The summed E-state index contributed by atoms with van der Waals surface area (Å²) in [6.45, 7) is 2.78. The molecule has 1 N–H and O–H groups in total. The van der Waals surface area contributed by atoms with E-state index in [-0.39, 0.29) is 5.91 Å². The lowest BCUT2D eigenvalue weighted by atomic mass is 10.2. The maximum absolute atomic E-state index is 12.0. The highest BCUT2D eigenvalue weighted by molar-refractivity contribution is 5.94. The average molecular weight is 185 g/mol. The van der Waals surface area contributed by atoms with Crippen LogP contribution >= 0.6 is 0 Å². The normalized spacial score (nSPS) is 12.5. The Kier molecular flexibility index (Phi) is 3.06. The molecule has 0 fully saturated rings. The second-order valence-electron chi connectivity index (χ2n) is 2.97. The van der Waals surface area contributed by atoms with Crippen molar-refractivity contribution in [3.05, 3.63) is 23.7 Å². The van der Waals surface area contributed by atoms with Gasteiger partial charge < -0.3 is 9.73 Å². The van der Waals surface area contributed by atoms with E-state index in [4.69, 9.17) is 4.42 Å². The third kappa shape index (κ3) is 2.57. The van der Waals surface area contributed by atoms with Gasteiger partial charge in [-0.3, -0.25) is 4.79 Å². The molecule has 72 valence electrons. The summed E-state index contributed by atoms with van der Waals surface area (Å²) in [6, 6.07) is 1.16. The highest BCUT2D eigenvalue weighted by Gasteiger charge is 2.10. The molecule has 3 nitrogen and oxygen atoms in total. The number of rotatable bonds is 3. The number of furan rings is 1. The van der Waals surface area contributed by atoms with E-state index in [1.54, 1.807) is 19.9 Å². The van der Waals surface area contributed by atoms with Crippen molar-refractivity contribution in [1.82, 2.24) is 5.32 Å². The molecule has 0 bridgehead atoms. The van der Waals surface area contributed by atoms with Gasteiger partial charge in [-0.2, -0.15) is 0 Å². The number of hydrogen-bond donors (Lipinski definition) is 1. The van der Waals surface area contributed by atoms with Crippen LogP contribution in [0.1, 0.15) is 23.0 Å². The fourth-order valence-corrected chi connectivity index (χ4v) is 0.908. The first-order valence-electron chi connectivity index (χ1n) is 4.05. The molecular weight excluding hydrogens is 173 g/mol. The van der Waals surface area contributed by atoms with Gasteiger partial charge in [-0.1, -0.05) is 0 Å². The summed E-state index contributed by atoms with van der Waals surface area (Å²) in [5.41, 5.74) is 0.429. The fraction of sp³-hybridized carbons (Fsp3) is 0.444. The second kappa shape index (κ2) is 4.07. The zero-order valence-electron chi connectivity index (χ0n) is 7.63. The maximum Gasteiger partial charge on any atom is 0.254 e. The summed E-state index contributed by atoms with van der Waals surface area (Å²) < 4.78 is 17.0. The van der Waals surface area contributed by atoms with E-state index < -0.39 is 12.7 Å². The molecule has 0 saturated carbocycles. The van der Waals surface area contributed by atoms with Crippen LogP contribution in [-0.2, 0) is 0 Å². The number of nitrogens with one attached hydrogen (secondary N) is 1. The van der Waals surface area contributed by atoms with Crippen molar-refractivity contribution >= 4 is 5.91 Å². The number of carbonyl (C=O) groups is 1. The zero-order chi connectivity index (χ0) is 9.84. The van der Waals surface area contributed by atoms with Crippen molar-refractivity contribution in [2.24, 2.45) is 0 Å². The van der Waals surface area contributed by atoms with Gasteiger partial charge in [0.1, 0.15) is 18.7 Å². The minimum Gasteiger partial charge on any atom is -0.469 e. The summed E-state index contributed by atoms with van der Waals surface area (Å²) in [6.07, 6.45) is 1.36. The summed E-state index contributed by atoms with van der Waals surface area (Å²) in [4.78, 5) is 11.3. The predicted octanol–water partition coefficient (Wildman–Crippen LogP) is 1.68. The van der Waals surface area contributed by atoms with Gasteiger partial charge in [0, 0.05) is 0 Å². The van der Waals surface area contributed by atoms with Crippen LogP contribution in [0.2, 0.25) is 0 Å². The summed E-state index contributed by atoms with van der Waals surface area (Å²) in [5.74, 6) is 0.361. The van der Waals surface area contributed by atoms with E-state index in [2.05, 4.69) is 5.32 Å². The topological polar surface area (TPSA) is 42.2 Å². The monoisotopic (exact) mass is 185 g/mol. The van der Waals surface area contributed by atoms with E-state index >= 15 is 0 Å². The van der Waals surface area contributed by atoms with Gasteiger partial charge in [-0.05, 0) is 19.9 Å². The van der Waals surface area contributed by atoms with Gasteiger partial charge in [0.2, 0.25) is 0 Å². The Balaban J connectivity index is 2.58. The van der Waals surface area contributed by atoms with Gasteiger partial charge in [-0.25, -0.2) is 4.39 Å².